The number of carbonyl (C=O) groups is 1. The standard InChI is InChI=1S/C13H10ClFO3/c14-10-7-8(1-4-11(10)15)12-5-2-9(18-12)3-6-13(16)17/h1-2,4-5,7H,3,6H2,(H,16,17). The average molecular weight is 269 g/mol. The lowest BCUT2D eigenvalue weighted by Gasteiger charge is -1.99. The molecular weight excluding hydrogens is 259 g/mol. The number of aryl methyl sites for hydroxylation is 1. The molecule has 18 heavy (non-hydrogen) atoms. The van der Waals surface area contributed by atoms with Crippen LogP contribution in [0.4, 0.5) is 4.39 Å². The molecule has 0 fully saturated rings. The van der Waals surface area contributed by atoms with E-state index in [2.05, 4.69) is 0 Å². The third-order valence-electron chi connectivity index (χ3n) is 2.45. The maximum Gasteiger partial charge on any atom is 0.303 e. The molecule has 1 heterocycles. The van der Waals surface area contributed by atoms with E-state index in [1.165, 1.54) is 12.1 Å². The predicted octanol–water partition coefficient (Wildman–Crippen LogP) is 3.76. The minimum absolute atomic E-state index is 0.0110. The predicted molar refractivity (Wildman–Crippen MR) is 65.1 cm³/mol. The summed E-state index contributed by atoms with van der Waals surface area (Å²) in [4.78, 5) is 10.4. The summed E-state index contributed by atoms with van der Waals surface area (Å²) in [6.07, 6.45) is 0.335. The van der Waals surface area contributed by atoms with Crippen LogP contribution in [0, 0.1) is 5.82 Å². The Kier molecular flexibility index (Phi) is 3.67. The molecule has 0 bridgehead atoms. The van der Waals surface area contributed by atoms with E-state index >= 15 is 0 Å². The van der Waals surface area contributed by atoms with Crippen molar-refractivity contribution in [3.8, 4) is 11.3 Å². The van der Waals surface area contributed by atoms with Crippen LogP contribution in [0.1, 0.15) is 12.2 Å². The molecule has 0 atom stereocenters. The van der Waals surface area contributed by atoms with E-state index in [-0.39, 0.29) is 11.4 Å². The van der Waals surface area contributed by atoms with Gasteiger partial charge in [-0.3, -0.25) is 4.79 Å². The van der Waals surface area contributed by atoms with Gasteiger partial charge in [0.25, 0.3) is 0 Å². The summed E-state index contributed by atoms with van der Waals surface area (Å²) >= 11 is 5.68. The molecule has 0 spiro atoms. The van der Waals surface area contributed by atoms with Crippen molar-refractivity contribution in [1.82, 2.24) is 0 Å². The van der Waals surface area contributed by atoms with Crippen molar-refractivity contribution in [2.24, 2.45) is 0 Å². The van der Waals surface area contributed by atoms with Crippen LogP contribution in [0.3, 0.4) is 0 Å². The van der Waals surface area contributed by atoms with Crippen molar-refractivity contribution in [2.45, 2.75) is 12.8 Å². The van der Waals surface area contributed by atoms with Gasteiger partial charge in [0.05, 0.1) is 11.4 Å². The van der Waals surface area contributed by atoms with Gasteiger partial charge in [0.15, 0.2) is 0 Å². The smallest absolute Gasteiger partial charge is 0.303 e. The van der Waals surface area contributed by atoms with Crippen LogP contribution in [-0.4, -0.2) is 11.1 Å². The summed E-state index contributed by atoms with van der Waals surface area (Å²) in [7, 11) is 0. The fourth-order valence-corrected chi connectivity index (χ4v) is 1.73. The van der Waals surface area contributed by atoms with Gasteiger partial charge in [0.2, 0.25) is 0 Å². The average Bonchev–Trinajstić information content (AvgIpc) is 2.79. The molecule has 3 nitrogen and oxygen atoms in total. The number of rotatable bonds is 4. The van der Waals surface area contributed by atoms with Crippen molar-refractivity contribution in [1.29, 1.82) is 0 Å². The van der Waals surface area contributed by atoms with E-state index in [9.17, 15) is 9.18 Å². The first-order chi connectivity index (χ1) is 8.56. The molecule has 1 aromatic heterocycles. The second-order valence-corrected chi connectivity index (χ2v) is 4.20. The highest BCUT2D eigenvalue weighted by Crippen LogP contribution is 2.26. The number of halogens is 2. The summed E-state index contributed by atoms with van der Waals surface area (Å²) in [5, 5.41) is 8.59. The second kappa shape index (κ2) is 5.23. The third-order valence-corrected chi connectivity index (χ3v) is 2.74. The van der Waals surface area contributed by atoms with Crippen LogP contribution in [0.5, 0.6) is 0 Å². The van der Waals surface area contributed by atoms with Crippen LogP contribution < -0.4 is 0 Å². The molecule has 2 aromatic rings. The van der Waals surface area contributed by atoms with Gasteiger partial charge in [0.1, 0.15) is 17.3 Å². The molecule has 1 aromatic carbocycles. The van der Waals surface area contributed by atoms with Crippen LogP contribution in [-0.2, 0) is 11.2 Å². The zero-order chi connectivity index (χ0) is 13.1. The lowest BCUT2D eigenvalue weighted by Crippen LogP contribution is -1.96. The summed E-state index contributed by atoms with van der Waals surface area (Å²) in [5.41, 5.74) is 0.656. The fraction of sp³-hybridized carbons (Fsp3) is 0.154. The summed E-state index contributed by atoms with van der Waals surface area (Å²) in [5.74, 6) is -0.249. The first kappa shape index (κ1) is 12.6. The van der Waals surface area contributed by atoms with Crippen LogP contribution >= 0.6 is 11.6 Å². The molecule has 2 rings (SSSR count). The largest absolute Gasteiger partial charge is 0.481 e. The molecule has 0 saturated carbocycles. The molecule has 0 saturated heterocycles. The first-order valence-electron chi connectivity index (χ1n) is 5.32. The molecular formula is C13H10ClFO3. The van der Waals surface area contributed by atoms with E-state index < -0.39 is 11.8 Å². The summed E-state index contributed by atoms with van der Waals surface area (Å²) < 4.78 is 18.5. The normalized spacial score (nSPS) is 10.6. The fourth-order valence-electron chi connectivity index (χ4n) is 1.55. The van der Waals surface area contributed by atoms with E-state index in [1.54, 1.807) is 18.2 Å². The molecule has 1 N–H and O–H groups in total. The Labute approximate surface area is 108 Å². The van der Waals surface area contributed by atoms with E-state index in [4.69, 9.17) is 21.1 Å². The van der Waals surface area contributed by atoms with Gasteiger partial charge in [-0.25, -0.2) is 4.39 Å². The highest BCUT2D eigenvalue weighted by Gasteiger charge is 2.08. The van der Waals surface area contributed by atoms with Gasteiger partial charge < -0.3 is 9.52 Å². The molecule has 0 aliphatic rings. The van der Waals surface area contributed by atoms with Crippen molar-refractivity contribution < 1.29 is 18.7 Å². The van der Waals surface area contributed by atoms with Gasteiger partial charge in [-0.05, 0) is 30.3 Å². The number of aliphatic carboxylic acids is 1. The van der Waals surface area contributed by atoms with E-state index in [0.29, 0.717) is 23.5 Å². The molecule has 5 heteroatoms. The Balaban J connectivity index is 2.18. The highest BCUT2D eigenvalue weighted by molar-refractivity contribution is 6.31. The van der Waals surface area contributed by atoms with Gasteiger partial charge in [-0.1, -0.05) is 11.6 Å². The monoisotopic (exact) mass is 268 g/mol. The number of furan rings is 1. The molecule has 0 amide bonds. The van der Waals surface area contributed by atoms with Gasteiger partial charge in [0, 0.05) is 12.0 Å². The lowest BCUT2D eigenvalue weighted by atomic mass is 10.2. The second-order valence-electron chi connectivity index (χ2n) is 3.79. The molecule has 94 valence electrons. The quantitative estimate of drug-likeness (QED) is 0.918. The highest BCUT2D eigenvalue weighted by atomic mass is 35.5. The van der Waals surface area contributed by atoms with E-state index in [1.807, 2.05) is 0 Å². The van der Waals surface area contributed by atoms with Gasteiger partial charge in [-0.15, -0.1) is 0 Å². The number of benzene rings is 1. The number of carboxylic acid groups (broad SMARTS) is 1. The minimum Gasteiger partial charge on any atom is -0.481 e. The Hall–Kier alpha value is -1.81. The van der Waals surface area contributed by atoms with Crippen molar-refractivity contribution in [2.75, 3.05) is 0 Å². The van der Waals surface area contributed by atoms with Crippen LogP contribution in [0.25, 0.3) is 11.3 Å². The van der Waals surface area contributed by atoms with Gasteiger partial charge >= 0.3 is 5.97 Å². The minimum atomic E-state index is -0.877. The zero-order valence-corrected chi connectivity index (χ0v) is 10.1. The lowest BCUT2D eigenvalue weighted by molar-refractivity contribution is -0.137. The maximum absolute atomic E-state index is 13.0. The zero-order valence-electron chi connectivity index (χ0n) is 9.32. The maximum atomic E-state index is 13.0. The molecule has 0 unspecified atom stereocenters. The Morgan fingerprint density at radius 2 is 2.11 bits per heavy atom. The number of hydrogen-bond donors (Lipinski definition) is 1. The van der Waals surface area contributed by atoms with Crippen molar-refractivity contribution in [3.05, 3.63) is 46.9 Å². The third kappa shape index (κ3) is 2.90. The molecule has 0 radical (unpaired) electrons. The Morgan fingerprint density at radius 1 is 1.33 bits per heavy atom. The van der Waals surface area contributed by atoms with E-state index in [0.717, 1.165) is 0 Å². The van der Waals surface area contributed by atoms with Gasteiger partial charge in [-0.2, -0.15) is 0 Å². The Bertz CT molecular complexity index is 577. The molecule has 0 aliphatic carbocycles. The molecule has 0 aliphatic heterocycles. The topological polar surface area (TPSA) is 50.4 Å². The van der Waals surface area contributed by atoms with Crippen LogP contribution in [0.15, 0.2) is 34.7 Å². The van der Waals surface area contributed by atoms with Crippen molar-refractivity contribution >= 4 is 17.6 Å². The Morgan fingerprint density at radius 3 is 2.78 bits per heavy atom. The summed E-state index contributed by atoms with van der Waals surface area (Å²) in [6, 6.07) is 7.70. The summed E-state index contributed by atoms with van der Waals surface area (Å²) in [6.45, 7) is 0. The number of carboxylic acids is 1. The SMILES string of the molecule is O=C(O)CCc1ccc(-c2ccc(F)c(Cl)c2)o1. The first-order valence-corrected chi connectivity index (χ1v) is 5.70. The number of hydrogen-bond acceptors (Lipinski definition) is 2. The van der Waals surface area contributed by atoms with Crippen molar-refractivity contribution in [3.63, 3.8) is 0 Å². The van der Waals surface area contributed by atoms with Crippen LogP contribution in [0.2, 0.25) is 5.02 Å².